The normalized spacial score (nSPS) is 18.2. The van der Waals surface area contributed by atoms with Crippen LogP contribution in [0.1, 0.15) is 19.4 Å². The zero-order chi connectivity index (χ0) is 32.9. The zero-order valence-corrected chi connectivity index (χ0v) is 27.5. The standard InChI is InChI=1S/C31H39N3O9S2/c1-21-18-34(22(2)20-35)31(36)17-23-16-24(32-44(37,38)27-11-7-25(41-4)8-12-27)6-15-29(23)43-30(21)19-33(3)45(39,40)28-13-9-26(42-5)10-14-28/h6-16,21-22,30,32,35H,17-20H2,1-5H3/t21-,22-,30-/m0/s1. The van der Waals surface area contributed by atoms with Gasteiger partial charge in [-0.25, -0.2) is 16.8 Å². The van der Waals surface area contributed by atoms with Crippen LogP contribution in [0.3, 0.4) is 0 Å². The van der Waals surface area contributed by atoms with Crippen molar-refractivity contribution in [2.45, 2.75) is 42.2 Å². The molecule has 3 atom stereocenters. The van der Waals surface area contributed by atoms with Crippen molar-refractivity contribution in [1.82, 2.24) is 9.21 Å². The molecule has 0 bridgehead atoms. The summed E-state index contributed by atoms with van der Waals surface area (Å²) in [5.74, 6) is 0.713. The molecule has 244 valence electrons. The van der Waals surface area contributed by atoms with Crippen LogP contribution in [-0.2, 0) is 31.3 Å². The van der Waals surface area contributed by atoms with Crippen LogP contribution in [0.4, 0.5) is 5.69 Å². The summed E-state index contributed by atoms with van der Waals surface area (Å²) in [5.41, 5.74) is 0.621. The summed E-state index contributed by atoms with van der Waals surface area (Å²) in [4.78, 5) is 15.2. The fraction of sp³-hybridized carbons (Fsp3) is 0.387. The molecule has 0 aromatic heterocycles. The first-order valence-electron chi connectivity index (χ1n) is 14.3. The van der Waals surface area contributed by atoms with Crippen molar-refractivity contribution < 1.29 is 40.9 Å². The number of nitrogens with zero attached hydrogens (tertiary/aromatic N) is 2. The van der Waals surface area contributed by atoms with E-state index < -0.39 is 32.2 Å². The molecule has 2 N–H and O–H groups in total. The highest BCUT2D eigenvalue weighted by molar-refractivity contribution is 7.92. The first-order chi connectivity index (χ1) is 21.3. The molecule has 4 rings (SSSR count). The number of sulfonamides is 2. The Bertz CT molecular complexity index is 1700. The highest BCUT2D eigenvalue weighted by atomic mass is 32.2. The number of anilines is 1. The van der Waals surface area contributed by atoms with Crippen LogP contribution in [0.25, 0.3) is 0 Å². The molecule has 0 aliphatic carbocycles. The van der Waals surface area contributed by atoms with Crippen LogP contribution in [0, 0.1) is 5.92 Å². The number of ether oxygens (including phenoxy) is 3. The van der Waals surface area contributed by atoms with Crippen molar-refractivity contribution in [3.8, 4) is 17.2 Å². The van der Waals surface area contributed by atoms with Gasteiger partial charge in [0, 0.05) is 30.8 Å². The van der Waals surface area contributed by atoms with E-state index in [4.69, 9.17) is 14.2 Å². The molecule has 0 radical (unpaired) electrons. The molecule has 1 aliphatic rings. The lowest BCUT2D eigenvalue weighted by Crippen LogP contribution is -2.48. The molecule has 0 spiro atoms. The summed E-state index contributed by atoms with van der Waals surface area (Å²) in [5, 5.41) is 9.91. The minimum Gasteiger partial charge on any atom is -0.497 e. The fourth-order valence-corrected chi connectivity index (χ4v) is 7.19. The average molecular weight is 662 g/mol. The van der Waals surface area contributed by atoms with E-state index in [-0.39, 0.29) is 53.4 Å². The largest absolute Gasteiger partial charge is 0.497 e. The fourth-order valence-electron chi connectivity index (χ4n) is 4.96. The molecule has 1 heterocycles. The number of rotatable bonds is 11. The number of hydrogen-bond acceptors (Lipinski definition) is 9. The van der Waals surface area contributed by atoms with Gasteiger partial charge in [0.15, 0.2) is 0 Å². The van der Waals surface area contributed by atoms with E-state index in [1.165, 1.54) is 74.1 Å². The van der Waals surface area contributed by atoms with Gasteiger partial charge in [0.1, 0.15) is 23.4 Å². The Balaban J connectivity index is 1.66. The van der Waals surface area contributed by atoms with Crippen LogP contribution in [0.15, 0.2) is 76.5 Å². The molecule has 45 heavy (non-hydrogen) atoms. The van der Waals surface area contributed by atoms with Gasteiger partial charge in [-0.1, -0.05) is 6.92 Å². The SMILES string of the molecule is COc1ccc(S(=O)(=O)Nc2ccc3c(c2)CC(=O)N([C@@H](C)CO)C[C@H](C)[C@H](CN(C)S(=O)(=O)c2ccc(OC)cc2)O3)cc1. The number of amides is 1. The van der Waals surface area contributed by atoms with E-state index in [1.807, 2.05) is 6.92 Å². The molecule has 1 amide bonds. The molecule has 1 aliphatic heterocycles. The van der Waals surface area contributed by atoms with Crippen LogP contribution >= 0.6 is 0 Å². The molecule has 3 aromatic rings. The Labute approximate surface area is 264 Å². The molecule has 0 unspecified atom stereocenters. The third kappa shape index (κ3) is 7.87. The Morgan fingerprint density at radius 1 is 0.978 bits per heavy atom. The Kier molecular flexibility index (Phi) is 10.6. The number of methoxy groups -OCH3 is 2. The monoisotopic (exact) mass is 661 g/mol. The van der Waals surface area contributed by atoms with E-state index in [9.17, 15) is 26.7 Å². The number of nitrogens with one attached hydrogen (secondary N) is 1. The van der Waals surface area contributed by atoms with Gasteiger partial charge in [0.25, 0.3) is 10.0 Å². The highest BCUT2D eigenvalue weighted by Gasteiger charge is 2.33. The lowest BCUT2D eigenvalue weighted by atomic mass is 10.0. The smallest absolute Gasteiger partial charge is 0.261 e. The molecule has 3 aromatic carbocycles. The molecule has 0 saturated heterocycles. The highest BCUT2D eigenvalue weighted by Crippen LogP contribution is 2.31. The Morgan fingerprint density at radius 2 is 1.56 bits per heavy atom. The van der Waals surface area contributed by atoms with Crippen molar-refractivity contribution in [2.75, 3.05) is 45.7 Å². The summed E-state index contributed by atoms with van der Waals surface area (Å²) in [6.45, 7) is 3.46. The number of fused-ring (bicyclic) bond motifs is 1. The van der Waals surface area contributed by atoms with Gasteiger partial charge < -0.3 is 24.2 Å². The van der Waals surface area contributed by atoms with E-state index >= 15 is 0 Å². The first-order valence-corrected chi connectivity index (χ1v) is 17.2. The van der Waals surface area contributed by atoms with Crippen molar-refractivity contribution in [3.05, 3.63) is 72.3 Å². The summed E-state index contributed by atoms with van der Waals surface area (Å²) in [6.07, 6.45) is -0.833. The second kappa shape index (κ2) is 14.1. The van der Waals surface area contributed by atoms with Crippen LogP contribution in [0.2, 0.25) is 0 Å². The van der Waals surface area contributed by atoms with E-state index in [1.54, 1.807) is 30.0 Å². The number of carbonyl (C=O) groups is 1. The predicted molar refractivity (Wildman–Crippen MR) is 169 cm³/mol. The number of aliphatic hydroxyl groups excluding tert-OH is 1. The van der Waals surface area contributed by atoms with E-state index in [0.717, 1.165) is 0 Å². The van der Waals surface area contributed by atoms with Gasteiger partial charge >= 0.3 is 0 Å². The lowest BCUT2D eigenvalue weighted by Gasteiger charge is -2.33. The second-order valence-corrected chi connectivity index (χ2v) is 14.7. The second-order valence-electron chi connectivity index (χ2n) is 11.0. The summed E-state index contributed by atoms with van der Waals surface area (Å²) >= 11 is 0. The number of benzene rings is 3. The minimum absolute atomic E-state index is 0.0251. The van der Waals surface area contributed by atoms with Crippen molar-refractivity contribution in [1.29, 1.82) is 0 Å². The first kappa shape index (κ1) is 34.0. The molecular formula is C31H39N3O9S2. The summed E-state index contributed by atoms with van der Waals surface area (Å²) in [6, 6.07) is 16.1. The van der Waals surface area contributed by atoms with Crippen molar-refractivity contribution >= 4 is 31.6 Å². The van der Waals surface area contributed by atoms with Gasteiger partial charge in [-0.05, 0) is 73.7 Å². The zero-order valence-electron chi connectivity index (χ0n) is 25.8. The van der Waals surface area contributed by atoms with Crippen molar-refractivity contribution in [2.24, 2.45) is 5.92 Å². The maximum atomic E-state index is 13.5. The predicted octanol–water partition coefficient (Wildman–Crippen LogP) is 2.97. The summed E-state index contributed by atoms with van der Waals surface area (Å²) < 4.78 is 73.5. The molecule has 12 nitrogen and oxygen atoms in total. The van der Waals surface area contributed by atoms with Gasteiger partial charge in [-0.3, -0.25) is 9.52 Å². The Morgan fingerprint density at radius 3 is 2.11 bits per heavy atom. The third-order valence-electron chi connectivity index (χ3n) is 7.74. The molecule has 0 fully saturated rings. The lowest BCUT2D eigenvalue weighted by molar-refractivity contribution is -0.134. The topological polar surface area (TPSA) is 152 Å². The van der Waals surface area contributed by atoms with E-state index in [2.05, 4.69) is 4.72 Å². The van der Waals surface area contributed by atoms with Crippen LogP contribution in [0.5, 0.6) is 17.2 Å². The van der Waals surface area contributed by atoms with Gasteiger partial charge in [-0.15, -0.1) is 0 Å². The van der Waals surface area contributed by atoms with Gasteiger partial charge in [0.05, 0.1) is 49.6 Å². The number of hydrogen-bond donors (Lipinski definition) is 2. The number of carbonyl (C=O) groups excluding carboxylic acids is 1. The average Bonchev–Trinajstić information content (AvgIpc) is 3.07. The minimum atomic E-state index is -3.97. The Hall–Kier alpha value is -3.85. The van der Waals surface area contributed by atoms with Crippen LogP contribution in [-0.4, -0.2) is 90.2 Å². The third-order valence-corrected chi connectivity index (χ3v) is 11.0. The number of likely N-dealkylation sites (N-methyl/N-ethyl adjacent to an activating group) is 1. The van der Waals surface area contributed by atoms with Gasteiger partial charge in [-0.2, -0.15) is 4.31 Å². The molecular weight excluding hydrogens is 622 g/mol. The van der Waals surface area contributed by atoms with Crippen molar-refractivity contribution in [3.63, 3.8) is 0 Å². The quantitative estimate of drug-likeness (QED) is 0.316. The van der Waals surface area contributed by atoms with E-state index in [0.29, 0.717) is 22.8 Å². The summed E-state index contributed by atoms with van der Waals surface area (Å²) in [7, 11) is -3.44. The van der Waals surface area contributed by atoms with Gasteiger partial charge in [0.2, 0.25) is 15.9 Å². The maximum Gasteiger partial charge on any atom is 0.261 e. The van der Waals surface area contributed by atoms with Crippen LogP contribution < -0.4 is 18.9 Å². The molecule has 0 saturated carbocycles. The number of aliphatic hydroxyl groups is 1. The maximum absolute atomic E-state index is 13.5. The molecule has 14 heteroatoms.